The molecule has 3 amide bonds. The molecule has 0 spiro atoms. The lowest BCUT2D eigenvalue weighted by atomic mass is 10.0. The van der Waals surface area contributed by atoms with Gasteiger partial charge in [0.2, 0.25) is 5.91 Å². The molecule has 3 N–H and O–H groups in total. The lowest BCUT2D eigenvalue weighted by molar-refractivity contribution is -0.152. The number of nitrogens with zero attached hydrogens (tertiary/aromatic N) is 3. The van der Waals surface area contributed by atoms with Crippen LogP contribution in [0.2, 0.25) is 0 Å². The molecule has 4 rings (SSSR count). The smallest absolute Gasteiger partial charge is 0.337 e. The number of esters is 1. The first-order chi connectivity index (χ1) is 21.2. The Balaban J connectivity index is 1.46. The van der Waals surface area contributed by atoms with Gasteiger partial charge >= 0.3 is 5.97 Å². The van der Waals surface area contributed by atoms with Gasteiger partial charge in [0.15, 0.2) is 18.3 Å². The highest BCUT2D eigenvalue weighted by Gasteiger charge is 2.51. The molecule has 0 bridgehead atoms. The number of hydrogen-bond donors (Lipinski definition) is 3. The normalized spacial score (nSPS) is 38.1. The maximum Gasteiger partial charge on any atom is 0.337 e. The zero-order valence-corrected chi connectivity index (χ0v) is 24.9. The molecule has 0 aliphatic carbocycles. The number of hydrogen-bond acceptors (Lipinski definition) is 14. The van der Waals surface area contributed by atoms with E-state index in [9.17, 15) is 19.2 Å². The molecular weight excluding hydrogens is 592 g/mol. The third-order valence-corrected chi connectivity index (χ3v) is 8.16. The highest BCUT2D eigenvalue weighted by atomic mass is 16.6. The van der Waals surface area contributed by atoms with E-state index < -0.39 is 96.7 Å². The van der Waals surface area contributed by atoms with Gasteiger partial charge in [-0.1, -0.05) is 5.11 Å². The van der Waals surface area contributed by atoms with Gasteiger partial charge in [0, 0.05) is 33.4 Å². The summed E-state index contributed by atoms with van der Waals surface area (Å²) in [6.07, 6.45) is -7.45. The van der Waals surface area contributed by atoms with E-state index in [1.807, 2.05) is 0 Å². The van der Waals surface area contributed by atoms with Crippen LogP contribution in [-0.4, -0.2) is 159 Å². The molecule has 12 atom stereocenters. The molecule has 0 unspecified atom stereocenters. The Kier molecular flexibility index (Phi) is 11.7. The molecule has 44 heavy (non-hydrogen) atoms. The summed E-state index contributed by atoms with van der Waals surface area (Å²) >= 11 is 0. The van der Waals surface area contributed by atoms with E-state index in [0.717, 1.165) is 0 Å². The standard InChI is InChI=1S/C25H38N6O13/c1-36-10-6-42-19(23(33)29-16-12(38-3)8-44-21(16)25(35)40-5)14(10)27-22(32)18-15(11(37-2)7-41-18)28-24(34)20-17(30-31-26)13(39-4)9-43-20/h10-21H,6-9H2,1-5H3,(H,27,32)(H,28,34)(H,29,33)/t10-,11-,12-,13-,14-,15-,16-,17-,18-,19-,20-,21-/m1/s1. The summed E-state index contributed by atoms with van der Waals surface area (Å²) in [7, 11) is 6.82. The van der Waals surface area contributed by atoms with Gasteiger partial charge in [-0.05, 0) is 5.53 Å². The number of nitrogens with one attached hydrogen (secondary N) is 3. The molecule has 19 nitrogen and oxygen atoms in total. The second kappa shape index (κ2) is 15.2. The SMILES string of the molecule is COC(=O)[C@@H]1OC[C@@H](OC)[C@H]1NC(=O)[C@@H]1OC[C@@H](OC)[C@H]1NC(=O)[C@@H]1OC[C@@H](OC)[C@H]1NC(=O)[C@@H]1OC[C@@H](OC)[C@H]1N=[N+]=[N-]. The average molecular weight is 631 g/mol. The number of amides is 3. The highest BCUT2D eigenvalue weighted by molar-refractivity contribution is 5.88. The van der Waals surface area contributed by atoms with Crippen LogP contribution in [0.5, 0.6) is 0 Å². The molecule has 0 aromatic rings. The lowest BCUT2D eigenvalue weighted by Gasteiger charge is -2.29. The number of azide groups is 1. The Morgan fingerprint density at radius 3 is 1.39 bits per heavy atom. The van der Waals surface area contributed by atoms with Gasteiger partial charge in [0.1, 0.15) is 30.5 Å². The van der Waals surface area contributed by atoms with Gasteiger partial charge in [-0.15, -0.1) is 0 Å². The van der Waals surface area contributed by atoms with E-state index in [1.165, 1.54) is 35.5 Å². The molecule has 19 heteroatoms. The predicted octanol–water partition coefficient (Wildman–Crippen LogP) is -3.05. The fourth-order valence-electron chi connectivity index (χ4n) is 5.72. The van der Waals surface area contributed by atoms with Crippen LogP contribution < -0.4 is 16.0 Å². The Morgan fingerprint density at radius 2 is 0.977 bits per heavy atom. The zero-order valence-electron chi connectivity index (χ0n) is 24.9. The molecule has 0 saturated carbocycles. The fraction of sp³-hybridized carbons (Fsp3) is 0.840. The third kappa shape index (κ3) is 6.90. The van der Waals surface area contributed by atoms with E-state index in [2.05, 4.69) is 26.0 Å². The van der Waals surface area contributed by atoms with Crippen molar-refractivity contribution in [2.45, 2.75) is 73.0 Å². The van der Waals surface area contributed by atoms with Gasteiger partial charge in [-0.3, -0.25) is 14.4 Å². The van der Waals surface area contributed by atoms with Gasteiger partial charge < -0.3 is 58.6 Å². The van der Waals surface area contributed by atoms with E-state index in [4.69, 9.17) is 48.2 Å². The van der Waals surface area contributed by atoms with Crippen molar-refractivity contribution in [3.63, 3.8) is 0 Å². The summed E-state index contributed by atoms with van der Waals surface area (Å²) in [5.74, 6) is -2.67. The minimum atomic E-state index is -1.24. The number of methoxy groups -OCH3 is 5. The van der Waals surface area contributed by atoms with Gasteiger partial charge in [0.25, 0.3) is 11.8 Å². The van der Waals surface area contributed by atoms with Crippen LogP contribution in [0.4, 0.5) is 0 Å². The van der Waals surface area contributed by atoms with E-state index in [-0.39, 0.29) is 26.4 Å². The quantitative estimate of drug-likeness (QED) is 0.0842. The fourth-order valence-corrected chi connectivity index (χ4v) is 5.72. The number of rotatable bonds is 12. The molecular formula is C25H38N6O13. The maximum absolute atomic E-state index is 13.6. The lowest BCUT2D eigenvalue weighted by Crippen LogP contribution is -2.60. The van der Waals surface area contributed by atoms with Crippen LogP contribution in [0.15, 0.2) is 5.11 Å². The molecule has 0 aromatic carbocycles. The summed E-state index contributed by atoms with van der Waals surface area (Å²) in [4.78, 5) is 55.2. The van der Waals surface area contributed by atoms with Gasteiger partial charge in [-0.2, -0.15) is 0 Å². The van der Waals surface area contributed by atoms with Gasteiger partial charge in [-0.25, -0.2) is 4.79 Å². The summed E-state index contributed by atoms with van der Waals surface area (Å²) in [5, 5.41) is 11.8. The van der Waals surface area contributed by atoms with Crippen LogP contribution in [0, 0.1) is 0 Å². The zero-order chi connectivity index (χ0) is 32.0. The third-order valence-electron chi connectivity index (χ3n) is 8.16. The number of ether oxygens (including phenoxy) is 9. The maximum atomic E-state index is 13.6. The summed E-state index contributed by atoms with van der Waals surface area (Å²) in [5.41, 5.74) is 8.95. The van der Waals surface area contributed by atoms with Crippen LogP contribution in [0.3, 0.4) is 0 Å². The molecule has 4 fully saturated rings. The second-order valence-electron chi connectivity index (χ2n) is 10.4. The molecule has 0 aromatic heterocycles. The minimum Gasteiger partial charge on any atom is -0.467 e. The molecule has 4 heterocycles. The summed E-state index contributed by atoms with van der Waals surface area (Å²) < 4.78 is 48.7. The van der Waals surface area contributed by atoms with E-state index in [1.54, 1.807) is 0 Å². The van der Waals surface area contributed by atoms with E-state index >= 15 is 0 Å². The Morgan fingerprint density at radius 1 is 0.614 bits per heavy atom. The first-order valence-corrected chi connectivity index (χ1v) is 13.8. The predicted molar refractivity (Wildman–Crippen MR) is 143 cm³/mol. The molecule has 4 aliphatic rings. The molecule has 4 aliphatic heterocycles. The number of carbonyl (C=O) groups excluding carboxylic acids is 4. The van der Waals surface area contributed by atoms with Crippen molar-refractivity contribution >= 4 is 23.7 Å². The number of carbonyl (C=O) groups is 4. The molecule has 4 saturated heterocycles. The van der Waals surface area contributed by atoms with Crippen molar-refractivity contribution in [3.05, 3.63) is 10.4 Å². The average Bonchev–Trinajstić information content (AvgIpc) is 3.81. The van der Waals surface area contributed by atoms with Crippen molar-refractivity contribution in [2.24, 2.45) is 5.11 Å². The van der Waals surface area contributed by atoms with Crippen molar-refractivity contribution in [1.82, 2.24) is 16.0 Å². The Hall–Kier alpha value is -3.13. The first-order valence-electron chi connectivity index (χ1n) is 13.8. The summed E-state index contributed by atoms with van der Waals surface area (Å²) in [6, 6.07) is -3.77. The van der Waals surface area contributed by atoms with E-state index in [0.29, 0.717) is 0 Å². The topological polar surface area (TPSA) is 236 Å². The van der Waals surface area contributed by atoms with Crippen molar-refractivity contribution in [3.8, 4) is 0 Å². The Bertz CT molecular complexity index is 1110. The summed E-state index contributed by atoms with van der Waals surface area (Å²) in [6.45, 7) is 0.0160. The van der Waals surface area contributed by atoms with Crippen molar-refractivity contribution in [2.75, 3.05) is 62.0 Å². The van der Waals surface area contributed by atoms with Gasteiger partial charge in [0.05, 0.1) is 57.8 Å². The van der Waals surface area contributed by atoms with Crippen LogP contribution >= 0.6 is 0 Å². The second-order valence-corrected chi connectivity index (χ2v) is 10.4. The first kappa shape index (κ1) is 33.8. The minimum absolute atomic E-state index is 0.0261. The Labute approximate surface area is 252 Å². The van der Waals surface area contributed by atoms with Crippen LogP contribution in [-0.2, 0) is 61.8 Å². The highest BCUT2D eigenvalue weighted by Crippen LogP contribution is 2.25. The van der Waals surface area contributed by atoms with Crippen molar-refractivity contribution < 1.29 is 61.8 Å². The van der Waals surface area contributed by atoms with Crippen LogP contribution in [0.1, 0.15) is 0 Å². The molecule has 0 radical (unpaired) electrons. The largest absolute Gasteiger partial charge is 0.467 e. The molecule has 246 valence electrons. The van der Waals surface area contributed by atoms with Crippen LogP contribution in [0.25, 0.3) is 10.4 Å². The monoisotopic (exact) mass is 630 g/mol. The van der Waals surface area contributed by atoms with Crippen molar-refractivity contribution in [1.29, 1.82) is 0 Å².